The predicted molar refractivity (Wildman–Crippen MR) is 110 cm³/mol. The first-order valence-corrected chi connectivity index (χ1v) is 10.2. The number of carbonyl (C=O) groups is 1. The van der Waals surface area contributed by atoms with E-state index in [2.05, 4.69) is 20.6 Å². The summed E-state index contributed by atoms with van der Waals surface area (Å²) in [6, 6.07) is 11.4. The molecule has 2 heterocycles. The molecule has 0 bridgehead atoms. The molecule has 2 aromatic heterocycles. The minimum absolute atomic E-state index is 0.0597. The van der Waals surface area contributed by atoms with Gasteiger partial charge in [0.1, 0.15) is 16.7 Å². The fourth-order valence-corrected chi connectivity index (χ4v) is 3.59. The highest BCUT2D eigenvalue weighted by atomic mass is 32.2. The Kier molecular flexibility index (Phi) is 7.45. The standard InChI is InChI=1S/C21H18F4N4OS/c22-15-7-5-14(6-8-15)13-31-20-16(3-1-10-29-20)19(30)28-12-11-27-18-17(21(23,24)25)4-2-9-26-18/h1-10H,11-13H2,(H,26,27)(H,28,30). The summed E-state index contributed by atoms with van der Waals surface area (Å²) in [7, 11) is 0. The van der Waals surface area contributed by atoms with E-state index in [1.165, 1.54) is 36.2 Å². The summed E-state index contributed by atoms with van der Waals surface area (Å²) in [6.07, 6.45) is -1.70. The van der Waals surface area contributed by atoms with E-state index >= 15 is 0 Å². The molecule has 1 amide bonds. The Morgan fingerprint density at radius 1 is 0.968 bits per heavy atom. The van der Waals surface area contributed by atoms with Gasteiger partial charge in [0.05, 0.1) is 11.1 Å². The van der Waals surface area contributed by atoms with E-state index in [-0.39, 0.29) is 24.7 Å². The van der Waals surface area contributed by atoms with E-state index in [0.29, 0.717) is 16.3 Å². The number of amides is 1. The topological polar surface area (TPSA) is 66.9 Å². The molecule has 0 aliphatic carbocycles. The van der Waals surface area contributed by atoms with Crippen LogP contribution in [0.3, 0.4) is 0 Å². The minimum atomic E-state index is -4.52. The molecule has 0 atom stereocenters. The third-order valence-electron chi connectivity index (χ3n) is 4.12. The molecule has 0 saturated heterocycles. The van der Waals surface area contributed by atoms with Crippen LogP contribution in [0.15, 0.2) is 66.0 Å². The molecule has 0 radical (unpaired) electrons. The normalized spacial score (nSPS) is 11.2. The highest BCUT2D eigenvalue weighted by Gasteiger charge is 2.33. The second kappa shape index (κ2) is 10.3. The highest BCUT2D eigenvalue weighted by Crippen LogP contribution is 2.33. The van der Waals surface area contributed by atoms with Gasteiger partial charge in [0, 0.05) is 31.2 Å². The molecular weight excluding hydrogens is 432 g/mol. The molecule has 5 nitrogen and oxygen atoms in total. The molecule has 0 fully saturated rings. The molecule has 2 N–H and O–H groups in total. The van der Waals surface area contributed by atoms with Gasteiger partial charge in [-0.15, -0.1) is 11.8 Å². The maximum Gasteiger partial charge on any atom is 0.419 e. The van der Waals surface area contributed by atoms with Crippen LogP contribution in [0.5, 0.6) is 0 Å². The van der Waals surface area contributed by atoms with Crippen LogP contribution in [0.25, 0.3) is 0 Å². The van der Waals surface area contributed by atoms with Crippen LogP contribution in [0.1, 0.15) is 21.5 Å². The average Bonchev–Trinajstić information content (AvgIpc) is 2.76. The Balaban J connectivity index is 1.55. The van der Waals surface area contributed by atoms with Crippen LogP contribution in [0.4, 0.5) is 23.4 Å². The van der Waals surface area contributed by atoms with Gasteiger partial charge < -0.3 is 10.6 Å². The molecule has 0 unspecified atom stereocenters. The van der Waals surface area contributed by atoms with Gasteiger partial charge >= 0.3 is 6.18 Å². The Hall–Kier alpha value is -3.14. The lowest BCUT2D eigenvalue weighted by molar-refractivity contribution is -0.137. The van der Waals surface area contributed by atoms with E-state index in [1.54, 1.807) is 30.5 Å². The zero-order valence-corrected chi connectivity index (χ0v) is 16.9. The molecule has 3 aromatic rings. The first-order chi connectivity index (χ1) is 14.8. The molecule has 31 heavy (non-hydrogen) atoms. The Morgan fingerprint density at radius 2 is 1.68 bits per heavy atom. The van der Waals surface area contributed by atoms with Crippen LogP contribution in [-0.4, -0.2) is 29.0 Å². The second-order valence-electron chi connectivity index (χ2n) is 6.35. The zero-order valence-electron chi connectivity index (χ0n) is 16.1. The average molecular weight is 450 g/mol. The van der Waals surface area contributed by atoms with E-state index in [0.717, 1.165) is 11.6 Å². The molecule has 0 spiro atoms. The molecular formula is C21H18F4N4OS. The lowest BCUT2D eigenvalue weighted by atomic mass is 10.2. The number of halogens is 4. The van der Waals surface area contributed by atoms with Crippen molar-refractivity contribution in [3.63, 3.8) is 0 Å². The van der Waals surface area contributed by atoms with Gasteiger partial charge in [-0.1, -0.05) is 12.1 Å². The number of aromatic nitrogens is 2. The van der Waals surface area contributed by atoms with Crippen molar-refractivity contribution in [2.24, 2.45) is 0 Å². The number of carbonyl (C=O) groups excluding carboxylic acids is 1. The SMILES string of the molecule is O=C(NCCNc1ncccc1C(F)(F)F)c1cccnc1SCc1ccc(F)cc1. The first-order valence-electron chi connectivity index (χ1n) is 9.21. The van der Waals surface area contributed by atoms with Crippen molar-refractivity contribution < 1.29 is 22.4 Å². The number of nitrogens with one attached hydrogen (secondary N) is 2. The van der Waals surface area contributed by atoms with Crippen LogP contribution < -0.4 is 10.6 Å². The van der Waals surface area contributed by atoms with Gasteiger partial charge in [-0.3, -0.25) is 4.79 Å². The fraction of sp³-hybridized carbons (Fsp3) is 0.190. The van der Waals surface area contributed by atoms with Crippen molar-refractivity contribution in [3.8, 4) is 0 Å². The summed E-state index contributed by atoms with van der Waals surface area (Å²) in [4.78, 5) is 20.5. The van der Waals surface area contributed by atoms with Crippen molar-refractivity contribution in [3.05, 3.63) is 83.4 Å². The smallest absolute Gasteiger partial charge is 0.368 e. The number of rotatable bonds is 8. The number of hydrogen-bond acceptors (Lipinski definition) is 5. The van der Waals surface area contributed by atoms with Crippen LogP contribution in [0, 0.1) is 5.82 Å². The lowest BCUT2D eigenvalue weighted by Crippen LogP contribution is -2.29. The largest absolute Gasteiger partial charge is 0.419 e. The van der Waals surface area contributed by atoms with Crippen molar-refractivity contribution in [1.82, 2.24) is 15.3 Å². The minimum Gasteiger partial charge on any atom is -0.368 e. The molecule has 162 valence electrons. The fourth-order valence-electron chi connectivity index (χ4n) is 2.64. The molecule has 0 aliphatic rings. The summed E-state index contributed by atoms with van der Waals surface area (Å²) in [5, 5.41) is 5.76. The Morgan fingerprint density at radius 3 is 2.42 bits per heavy atom. The molecule has 0 saturated carbocycles. The lowest BCUT2D eigenvalue weighted by Gasteiger charge is -2.13. The van der Waals surface area contributed by atoms with E-state index < -0.39 is 17.6 Å². The maximum absolute atomic E-state index is 13.0. The summed E-state index contributed by atoms with van der Waals surface area (Å²) < 4.78 is 52.0. The third-order valence-corrected chi connectivity index (χ3v) is 5.20. The number of alkyl halides is 3. The van der Waals surface area contributed by atoms with Gasteiger partial charge in [0.25, 0.3) is 5.91 Å². The van der Waals surface area contributed by atoms with Gasteiger partial charge in [-0.25, -0.2) is 14.4 Å². The summed E-state index contributed by atoms with van der Waals surface area (Å²) in [6.45, 7) is 0.147. The van der Waals surface area contributed by atoms with Gasteiger partial charge in [-0.05, 0) is 42.0 Å². The third kappa shape index (κ3) is 6.42. The summed E-state index contributed by atoms with van der Waals surface area (Å²) in [5.74, 6) is -0.512. The number of pyridine rings is 2. The van der Waals surface area contributed by atoms with Crippen molar-refractivity contribution in [2.75, 3.05) is 18.4 Å². The van der Waals surface area contributed by atoms with Gasteiger partial charge in [-0.2, -0.15) is 13.2 Å². The molecule has 1 aromatic carbocycles. The first kappa shape index (κ1) is 22.5. The Labute approximate surface area is 180 Å². The van der Waals surface area contributed by atoms with Gasteiger partial charge in [0.2, 0.25) is 0 Å². The van der Waals surface area contributed by atoms with Crippen molar-refractivity contribution in [2.45, 2.75) is 17.0 Å². The number of anilines is 1. The van der Waals surface area contributed by atoms with E-state index in [4.69, 9.17) is 0 Å². The predicted octanol–water partition coefficient (Wildman–Crippen LogP) is 4.77. The Bertz CT molecular complexity index is 1030. The number of nitrogens with zero attached hydrogens (tertiary/aromatic N) is 2. The zero-order chi connectivity index (χ0) is 22.3. The summed E-state index contributed by atoms with van der Waals surface area (Å²) >= 11 is 1.33. The van der Waals surface area contributed by atoms with E-state index in [9.17, 15) is 22.4 Å². The molecule has 3 rings (SSSR count). The van der Waals surface area contributed by atoms with Crippen molar-refractivity contribution >= 4 is 23.5 Å². The molecule has 0 aliphatic heterocycles. The van der Waals surface area contributed by atoms with E-state index in [1.807, 2.05) is 0 Å². The number of thioether (sulfide) groups is 1. The van der Waals surface area contributed by atoms with Gasteiger partial charge in [0.15, 0.2) is 0 Å². The quantitative estimate of drug-likeness (QED) is 0.294. The molecule has 10 heteroatoms. The maximum atomic E-state index is 13.0. The monoisotopic (exact) mass is 450 g/mol. The number of hydrogen-bond donors (Lipinski definition) is 2. The summed E-state index contributed by atoms with van der Waals surface area (Å²) in [5.41, 5.74) is 0.361. The van der Waals surface area contributed by atoms with Crippen LogP contribution >= 0.6 is 11.8 Å². The van der Waals surface area contributed by atoms with Crippen LogP contribution in [0.2, 0.25) is 0 Å². The van der Waals surface area contributed by atoms with Crippen molar-refractivity contribution in [1.29, 1.82) is 0 Å². The van der Waals surface area contributed by atoms with Crippen LogP contribution in [-0.2, 0) is 11.9 Å². The second-order valence-corrected chi connectivity index (χ2v) is 7.32. The number of benzene rings is 1. The highest BCUT2D eigenvalue weighted by molar-refractivity contribution is 7.98.